The second-order valence-corrected chi connectivity index (χ2v) is 8.27. The Kier molecular flexibility index (Phi) is 4.28. The summed E-state index contributed by atoms with van der Waals surface area (Å²) in [5, 5.41) is 1.98. The highest BCUT2D eigenvalue weighted by Gasteiger charge is 2.23. The standard InChI is InChI=1S/C17H15ClN2O2S2/c1-10(18)9-23-17-19-15-14(12-5-2-6-13(12)24-15)16(21)20(17)8-11-4-3-7-22-11/h3-4,7H,1-2,5-6,8-9H2. The average molecular weight is 379 g/mol. The molecule has 1 aliphatic carbocycles. The lowest BCUT2D eigenvalue weighted by atomic mass is 10.2. The van der Waals surface area contributed by atoms with Gasteiger partial charge in [-0.25, -0.2) is 4.98 Å². The van der Waals surface area contributed by atoms with Gasteiger partial charge in [0, 0.05) is 15.7 Å². The van der Waals surface area contributed by atoms with Crippen LogP contribution in [0.4, 0.5) is 0 Å². The van der Waals surface area contributed by atoms with Gasteiger partial charge in [0.25, 0.3) is 5.56 Å². The minimum atomic E-state index is 0.0125. The summed E-state index contributed by atoms with van der Waals surface area (Å²) in [6.07, 6.45) is 4.76. The van der Waals surface area contributed by atoms with Crippen LogP contribution in [0.3, 0.4) is 0 Å². The van der Waals surface area contributed by atoms with E-state index in [1.54, 1.807) is 22.2 Å². The zero-order valence-electron chi connectivity index (χ0n) is 12.9. The zero-order chi connectivity index (χ0) is 16.7. The number of rotatable bonds is 5. The third-order valence-electron chi connectivity index (χ3n) is 4.04. The third-order valence-corrected chi connectivity index (χ3v) is 6.58. The first kappa shape index (κ1) is 16.0. The first-order chi connectivity index (χ1) is 11.6. The Morgan fingerprint density at radius 1 is 1.50 bits per heavy atom. The van der Waals surface area contributed by atoms with Crippen molar-refractivity contribution in [2.45, 2.75) is 31.0 Å². The van der Waals surface area contributed by atoms with Gasteiger partial charge in [0.15, 0.2) is 5.16 Å². The van der Waals surface area contributed by atoms with Crippen LogP contribution < -0.4 is 5.56 Å². The molecule has 1 aliphatic rings. The average Bonchev–Trinajstić information content (AvgIpc) is 3.24. The van der Waals surface area contributed by atoms with Crippen LogP contribution in [0.5, 0.6) is 0 Å². The number of hydrogen-bond donors (Lipinski definition) is 0. The molecule has 0 aromatic carbocycles. The normalized spacial score (nSPS) is 13.5. The van der Waals surface area contributed by atoms with E-state index in [-0.39, 0.29) is 5.56 Å². The Bertz CT molecular complexity index is 973. The van der Waals surface area contributed by atoms with Crippen molar-refractivity contribution in [1.82, 2.24) is 9.55 Å². The van der Waals surface area contributed by atoms with Gasteiger partial charge in [0.05, 0.1) is 18.2 Å². The summed E-state index contributed by atoms with van der Waals surface area (Å²) in [4.78, 5) is 20.1. The van der Waals surface area contributed by atoms with E-state index in [2.05, 4.69) is 6.58 Å². The van der Waals surface area contributed by atoms with Gasteiger partial charge < -0.3 is 4.42 Å². The number of aromatic nitrogens is 2. The van der Waals surface area contributed by atoms with Crippen LogP contribution in [0.15, 0.2) is 44.4 Å². The van der Waals surface area contributed by atoms with Crippen LogP contribution in [-0.4, -0.2) is 15.3 Å². The van der Waals surface area contributed by atoms with E-state index in [4.69, 9.17) is 21.0 Å². The maximum atomic E-state index is 13.2. The first-order valence-corrected chi connectivity index (χ1v) is 9.85. The topological polar surface area (TPSA) is 48.0 Å². The lowest BCUT2D eigenvalue weighted by Gasteiger charge is -2.11. The number of fused-ring (bicyclic) bond motifs is 3. The monoisotopic (exact) mass is 378 g/mol. The van der Waals surface area contributed by atoms with E-state index >= 15 is 0 Å². The van der Waals surface area contributed by atoms with Gasteiger partial charge >= 0.3 is 0 Å². The third kappa shape index (κ3) is 2.83. The van der Waals surface area contributed by atoms with Crippen LogP contribution in [0.2, 0.25) is 0 Å². The molecule has 0 bridgehead atoms. The summed E-state index contributed by atoms with van der Waals surface area (Å²) in [5.74, 6) is 1.25. The number of thiophene rings is 1. The summed E-state index contributed by atoms with van der Waals surface area (Å²) < 4.78 is 7.11. The Balaban J connectivity index is 1.87. The van der Waals surface area contributed by atoms with E-state index in [0.29, 0.717) is 22.5 Å². The quantitative estimate of drug-likeness (QED) is 0.486. The predicted octanol–water partition coefficient (Wildman–Crippen LogP) is 4.43. The van der Waals surface area contributed by atoms with Gasteiger partial charge in [-0.05, 0) is 37.0 Å². The Hall–Kier alpha value is -1.50. The first-order valence-electron chi connectivity index (χ1n) is 7.67. The van der Waals surface area contributed by atoms with Crippen molar-refractivity contribution in [2.75, 3.05) is 5.75 Å². The highest BCUT2D eigenvalue weighted by molar-refractivity contribution is 7.99. The molecule has 4 rings (SSSR count). The molecule has 0 amide bonds. The fraction of sp³-hybridized carbons (Fsp3) is 0.294. The minimum Gasteiger partial charge on any atom is -0.467 e. The second kappa shape index (κ2) is 6.43. The molecular weight excluding hydrogens is 364 g/mol. The molecule has 0 unspecified atom stereocenters. The van der Waals surface area contributed by atoms with Crippen molar-refractivity contribution >= 4 is 44.9 Å². The lowest BCUT2D eigenvalue weighted by Crippen LogP contribution is -2.24. The second-order valence-electron chi connectivity index (χ2n) is 5.71. The number of hydrogen-bond acceptors (Lipinski definition) is 5. The van der Waals surface area contributed by atoms with Crippen molar-refractivity contribution in [2.24, 2.45) is 0 Å². The summed E-state index contributed by atoms with van der Waals surface area (Å²) in [5.41, 5.74) is 1.21. The Morgan fingerprint density at radius 3 is 3.12 bits per heavy atom. The van der Waals surface area contributed by atoms with E-state index in [0.717, 1.165) is 35.2 Å². The van der Waals surface area contributed by atoms with E-state index < -0.39 is 0 Å². The van der Waals surface area contributed by atoms with Gasteiger partial charge in [-0.2, -0.15) is 0 Å². The van der Waals surface area contributed by atoms with Crippen molar-refractivity contribution in [1.29, 1.82) is 0 Å². The number of halogens is 1. The van der Waals surface area contributed by atoms with Crippen LogP contribution in [0.1, 0.15) is 22.6 Å². The fourth-order valence-corrected chi connectivity index (χ4v) is 5.23. The van der Waals surface area contributed by atoms with Gasteiger partial charge in [0.1, 0.15) is 10.6 Å². The number of aryl methyl sites for hydroxylation is 2. The maximum absolute atomic E-state index is 13.2. The Labute approximate surface area is 152 Å². The SMILES string of the molecule is C=C(Cl)CSc1nc2sc3c(c2c(=O)n1Cc1ccco1)CCC3. The fourth-order valence-electron chi connectivity index (χ4n) is 3.01. The molecule has 0 aliphatic heterocycles. The molecule has 0 saturated heterocycles. The van der Waals surface area contributed by atoms with Crippen LogP contribution in [0, 0.1) is 0 Å². The number of nitrogens with zero attached hydrogens (tertiary/aromatic N) is 2. The molecule has 0 atom stereocenters. The summed E-state index contributed by atoms with van der Waals surface area (Å²) in [6, 6.07) is 3.69. The maximum Gasteiger partial charge on any atom is 0.263 e. The van der Waals surface area contributed by atoms with Crippen LogP contribution in [0.25, 0.3) is 10.2 Å². The smallest absolute Gasteiger partial charge is 0.263 e. The predicted molar refractivity (Wildman–Crippen MR) is 99.4 cm³/mol. The van der Waals surface area contributed by atoms with Crippen molar-refractivity contribution in [3.8, 4) is 0 Å². The molecule has 0 fully saturated rings. The minimum absolute atomic E-state index is 0.0125. The molecule has 0 spiro atoms. The van der Waals surface area contributed by atoms with Crippen molar-refractivity contribution < 1.29 is 4.42 Å². The molecule has 0 N–H and O–H groups in total. The van der Waals surface area contributed by atoms with Gasteiger partial charge in [0.2, 0.25) is 0 Å². The van der Waals surface area contributed by atoms with Crippen molar-refractivity contribution in [3.05, 3.63) is 56.6 Å². The van der Waals surface area contributed by atoms with E-state index in [1.807, 2.05) is 12.1 Å². The summed E-state index contributed by atoms with van der Waals surface area (Å²) in [7, 11) is 0. The van der Waals surface area contributed by atoms with E-state index in [1.165, 1.54) is 22.2 Å². The number of thioether (sulfide) groups is 1. The molecule has 3 aromatic rings. The molecule has 0 saturated carbocycles. The molecule has 24 heavy (non-hydrogen) atoms. The highest BCUT2D eigenvalue weighted by atomic mass is 35.5. The van der Waals surface area contributed by atoms with Crippen LogP contribution >= 0.6 is 34.7 Å². The molecule has 0 radical (unpaired) electrons. The molecule has 3 aromatic heterocycles. The lowest BCUT2D eigenvalue weighted by molar-refractivity contribution is 0.477. The summed E-state index contributed by atoms with van der Waals surface area (Å²) >= 11 is 8.98. The van der Waals surface area contributed by atoms with Gasteiger partial charge in [-0.3, -0.25) is 9.36 Å². The summed E-state index contributed by atoms with van der Waals surface area (Å²) in [6.45, 7) is 4.09. The molecular formula is C17H15ClN2O2S2. The largest absolute Gasteiger partial charge is 0.467 e. The molecule has 7 heteroatoms. The van der Waals surface area contributed by atoms with Gasteiger partial charge in [-0.1, -0.05) is 29.9 Å². The van der Waals surface area contributed by atoms with Crippen LogP contribution in [-0.2, 0) is 19.4 Å². The van der Waals surface area contributed by atoms with Crippen molar-refractivity contribution in [3.63, 3.8) is 0 Å². The highest BCUT2D eigenvalue weighted by Crippen LogP contribution is 2.35. The zero-order valence-corrected chi connectivity index (χ0v) is 15.3. The molecule has 4 nitrogen and oxygen atoms in total. The Morgan fingerprint density at radius 2 is 2.38 bits per heavy atom. The molecule has 3 heterocycles. The van der Waals surface area contributed by atoms with E-state index in [9.17, 15) is 4.79 Å². The molecule has 124 valence electrons. The number of furan rings is 1. The van der Waals surface area contributed by atoms with Gasteiger partial charge in [-0.15, -0.1) is 11.3 Å².